The first kappa shape index (κ1) is 23.1. The summed E-state index contributed by atoms with van der Waals surface area (Å²) in [6.45, 7) is 1.62. The maximum Gasteiger partial charge on any atom is 0.341 e. The number of imide groups is 2. The summed E-state index contributed by atoms with van der Waals surface area (Å²) in [5.41, 5.74) is 0.176. The fourth-order valence-electron chi connectivity index (χ4n) is 2.85. The van der Waals surface area contributed by atoms with Crippen LogP contribution >= 0.6 is 23.2 Å². The number of ether oxygens (including phenoxy) is 2. The number of amides is 4. The fourth-order valence-corrected chi connectivity index (χ4v) is 3.46. The van der Waals surface area contributed by atoms with Gasteiger partial charge in [0, 0.05) is 0 Å². The van der Waals surface area contributed by atoms with Gasteiger partial charge < -0.3 is 14.6 Å². The molecule has 1 aliphatic heterocycles. The Hall–Kier alpha value is -3.56. The molecule has 1 fully saturated rings. The van der Waals surface area contributed by atoms with E-state index in [2.05, 4.69) is 5.32 Å². The minimum absolute atomic E-state index is 0.0197. The molecule has 2 N–H and O–H groups in total. The van der Waals surface area contributed by atoms with E-state index in [9.17, 15) is 19.2 Å². The van der Waals surface area contributed by atoms with Crippen molar-refractivity contribution >= 4 is 58.8 Å². The molecule has 0 aromatic heterocycles. The number of aliphatic carboxylic acids is 1. The predicted octanol–water partition coefficient (Wildman–Crippen LogP) is 3.52. The first-order chi connectivity index (χ1) is 15.2. The van der Waals surface area contributed by atoms with Crippen molar-refractivity contribution in [3.05, 3.63) is 57.6 Å². The zero-order chi connectivity index (χ0) is 23.4. The lowest BCUT2D eigenvalue weighted by molar-refractivity contribution is -0.139. The van der Waals surface area contributed by atoms with Crippen LogP contribution in [0, 0.1) is 0 Å². The van der Waals surface area contributed by atoms with Crippen LogP contribution in [-0.4, -0.2) is 42.1 Å². The number of carbonyl (C=O) groups excluding carboxylic acids is 3. The van der Waals surface area contributed by atoms with Gasteiger partial charge >= 0.3 is 12.0 Å². The zero-order valence-electron chi connectivity index (χ0n) is 16.6. The number of hydrogen-bond donors (Lipinski definition) is 2. The van der Waals surface area contributed by atoms with E-state index < -0.39 is 30.4 Å². The number of benzene rings is 2. The van der Waals surface area contributed by atoms with Gasteiger partial charge in [-0.1, -0.05) is 23.2 Å². The van der Waals surface area contributed by atoms with Gasteiger partial charge in [0.1, 0.15) is 11.3 Å². The van der Waals surface area contributed by atoms with Gasteiger partial charge in [-0.3, -0.25) is 14.9 Å². The summed E-state index contributed by atoms with van der Waals surface area (Å²) < 4.78 is 10.4. The van der Waals surface area contributed by atoms with Gasteiger partial charge in [-0.15, -0.1) is 0 Å². The van der Waals surface area contributed by atoms with Gasteiger partial charge in [0.2, 0.25) is 0 Å². The van der Waals surface area contributed by atoms with E-state index in [1.165, 1.54) is 30.3 Å². The van der Waals surface area contributed by atoms with Crippen molar-refractivity contribution in [2.45, 2.75) is 6.92 Å². The number of halogens is 2. The number of carbonyl (C=O) groups is 4. The summed E-state index contributed by atoms with van der Waals surface area (Å²) in [5.74, 6) is -2.44. The molecule has 1 heterocycles. The summed E-state index contributed by atoms with van der Waals surface area (Å²) in [4.78, 5) is 49.1. The van der Waals surface area contributed by atoms with Gasteiger partial charge in [0.05, 0.1) is 22.3 Å². The Bertz CT molecular complexity index is 1110. The Morgan fingerprint density at radius 1 is 1.09 bits per heavy atom. The summed E-state index contributed by atoms with van der Waals surface area (Å²) in [5, 5.41) is 10.8. The number of urea groups is 1. The number of carboxylic acid groups (broad SMARTS) is 1. The lowest BCUT2D eigenvalue weighted by atomic mass is 10.1. The second-order valence-corrected chi connectivity index (χ2v) is 7.20. The van der Waals surface area contributed by atoms with Crippen molar-refractivity contribution in [3.63, 3.8) is 0 Å². The smallest absolute Gasteiger partial charge is 0.341 e. The highest BCUT2D eigenvalue weighted by molar-refractivity contribution is 6.40. The molecule has 4 amide bonds. The van der Waals surface area contributed by atoms with E-state index in [0.29, 0.717) is 12.4 Å². The van der Waals surface area contributed by atoms with Crippen LogP contribution in [0.5, 0.6) is 11.5 Å². The molecule has 2 aromatic carbocycles. The Morgan fingerprint density at radius 3 is 2.28 bits per heavy atom. The second kappa shape index (κ2) is 9.71. The number of carboxylic acids is 1. The third-order valence-corrected chi connectivity index (χ3v) is 4.74. The molecule has 166 valence electrons. The molecule has 1 aliphatic rings. The molecule has 32 heavy (non-hydrogen) atoms. The molecule has 0 spiro atoms. The van der Waals surface area contributed by atoms with E-state index in [1.54, 1.807) is 12.1 Å². The number of barbiturate groups is 1. The molecule has 0 radical (unpaired) electrons. The minimum Gasteiger partial charge on any atom is -0.494 e. The third-order valence-electron chi connectivity index (χ3n) is 4.18. The van der Waals surface area contributed by atoms with E-state index in [1.807, 2.05) is 6.92 Å². The van der Waals surface area contributed by atoms with Crippen LogP contribution in [0.3, 0.4) is 0 Å². The van der Waals surface area contributed by atoms with E-state index in [4.69, 9.17) is 37.8 Å². The highest BCUT2D eigenvalue weighted by Crippen LogP contribution is 2.35. The molecule has 1 saturated heterocycles. The predicted molar refractivity (Wildman–Crippen MR) is 116 cm³/mol. The van der Waals surface area contributed by atoms with Crippen LogP contribution in [-0.2, 0) is 14.4 Å². The molecule has 11 heteroatoms. The first-order valence-electron chi connectivity index (χ1n) is 9.19. The Morgan fingerprint density at radius 2 is 1.72 bits per heavy atom. The molecule has 3 rings (SSSR count). The highest BCUT2D eigenvalue weighted by Gasteiger charge is 2.36. The Balaban J connectivity index is 1.93. The summed E-state index contributed by atoms with van der Waals surface area (Å²) in [7, 11) is 0. The quantitative estimate of drug-likeness (QED) is 0.460. The molecule has 0 unspecified atom stereocenters. The van der Waals surface area contributed by atoms with E-state index in [0.717, 1.165) is 4.90 Å². The number of nitrogens with one attached hydrogen (secondary N) is 1. The molecule has 0 aliphatic carbocycles. The second-order valence-electron chi connectivity index (χ2n) is 6.38. The number of hydrogen-bond acceptors (Lipinski definition) is 6. The summed E-state index contributed by atoms with van der Waals surface area (Å²) in [6.07, 6.45) is 1.21. The third kappa shape index (κ3) is 5.01. The van der Waals surface area contributed by atoms with Crippen molar-refractivity contribution in [2.75, 3.05) is 18.1 Å². The van der Waals surface area contributed by atoms with Gasteiger partial charge in [-0.25, -0.2) is 14.5 Å². The number of anilines is 1. The SMILES string of the molecule is CCOc1ccc(N2C(=O)NC(=O)/C(=C/c3cc(Cl)c(OCC(=O)O)c(Cl)c3)C2=O)cc1. The van der Waals surface area contributed by atoms with E-state index in [-0.39, 0.29) is 32.6 Å². The monoisotopic (exact) mass is 478 g/mol. The van der Waals surface area contributed by atoms with Gasteiger partial charge in [0.15, 0.2) is 12.4 Å². The van der Waals surface area contributed by atoms with Crippen LogP contribution in [0.15, 0.2) is 42.0 Å². The Labute approximate surface area is 192 Å². The number of nitrogens with zero attached hydrogens (tertiary/aromatic N) is 1. The maximum absolute atomic E-state index is 13.0. The van der Waals surface area contributed by atoms with Gasteiger partial charge in [0.25, 0.3) is 11.8 Å². The Kier molecular flexibility index (Phi) is 7.01. The summed E-state index contributed by atoms with van der Waals surface area (Å²) >= 11 is 12.2. The molecule has 0 atom stereocenters. The van der Waals surface area contributed by atoms with Crippen molar-refractivity contribution < 1.29 is 33.8 Å². The standard InChI is InChI=1S/C21H16Cl2N2O7/c1-2-31-13-5-3-12(4-6-13)25-20(29)14(19(28)24-21(25)30)7-11-8-15(22)18(16(23)9-11)32-10-17(26)27/h3-9H,2,10H2,1H3,(H,26,27)(H,24,28,30)/b14-7-. The van der Waals surface area contributed by atoms with Crippen molar-refractivity contribution in [2.24, 2.45) is 0 Å². The lowest BCUT2D eigenvalue weighted by Gasteiger charge is -2.26. The zero-order valence-corrected chi connectivity index (χ0v) is 18.1. The molecule has 9 nitrogen and oxygen atoms in total. The number of rotatable bonds is 7. The molecular weight excluding hydrogens is 463 g/mol. The normalized spacial score (nSPS) is 15.0. The fraction of sp³-hybridized carbons (Fsp3) is 0.143. The van der Waals surface area contributed by atoms with Gasteiger partial charge in [-0.05, 0) is 55.0 Å². The largest absolute Gasteiger partial charge is 0.494 e. The van der Waals surface area contributed by atoms with Crippen LogP contribution in [0.2, 0.25) is 10.0 Å². The molecule has 2 aromatic rings. The van der Waals surface area contributed by atoms with Crippen LogP contribution < -0.4 is 19.7 Å². The molecular formula is C21H16Cl2N2O7. The van der Waals surface area contributed by atoms with Crippen LogP contribution in [0.1, 0.15) is 12.5 Å². The van der Waals surface area contributed by atoms with Crippen molar-refractivity contribution in [1.29, 1.82) is 0 Å². The average molecular weight is 479 g/mol. The lowest BCUT2D eigenvalue weighted by Crippen LogP contribution is -2.54. The molecule has 0 bridgehead atoms. The first-order valence-corrected chi connectivity index (χ1v) is 9.94. The van der Waals surface area contributed by atoms with Crippen molar-refractivity contribution in [3.8, 4) is 11.5 Å². The van der Waals surface area contributed by atoms with E-state index >= 15 is 0 Å². The minimum atomic E-state index is -1.22. The molecule has 0 saturated carbocycles. The van der Waals surface area contributed by atoms with Crippen molar-refractivity contribution in [1.82, 2.24) is 5.32 Å². The van der Waals surface area contributed by atoms with Crippen LogP contribution in [0.4, 0.5) is 10.5 Å². The summed E-state index contributed by atoms with van der Waals surface area (Å²) in [6, 6.07) is 8.00. The van der Waals surface area contributed by atoms with Crippen LogP contribution in [0.25, 0.3) is 6.08 Å². The average Bonchev–Trinajstić information content (AvgIpc) is 2.71. The topological polar surface area (TPSA) is 122 Å². The maximum atomic E-state index is 13.0. The van der Waals surface area contributed by atoms with Gasteiger partial charge in [-0.2, -0.15) is 0 Å². The highest BCUT2D eigenvalue weighted by atomic mass is 35.5.